The summed E-state index contributed by atoms with van der Waals surface area (Å²) in [7, 11) is 1.65. The molecular formula is C11H21NO3. The fraction of sp³-hybridized carbons (Fsp3) is 0.818. The zero-order valence-corrected chi connectivity index (χ0v) is 10.2. The Morgan fingerprint density at radius 3 is 2.07 bits per heavy atom. The molecular weight excluding hydrogens is 194 g/mol. The highest BCUT2D eigenvalue weighted by Crippen LogP contribution is 2.27. The van der Waals surface area contributed by atoms with Crippen molar-refractivity contribution >= 4 is 11.9 Å². The van der Waals surface area contributed by atoms with Crippen molar-refractivity contribution in [3.8, 4) is 0 Å². The smallest absolute Gasteiger partial charge is 0.316 e. The Morgan fingerprint density at radius 1 is 1.33 bits per heavy atom. The molecule has 15 heavy (non-hydrogen) atoms. The molecule has 4 nitrogen and oxygen atoms in total. The molecule has 0 radical (unpaired) electrons. The topological polar surface area (TPSA) is 57.6 Å². The van der Waals surface area contributed by atoms with Crippen LogP contribution < -0.4 is 0 Å². The van der Waals surface area contributed by atoms with Crippen LogP contribution in [0.2, 0.25) is 0 Å². The Labute approximate surface area is 91.3 Å². The van der Waals surface area contributed by atoms with Gasteiger partial charge in [0.1, 0.15) is 5.92 Å². The quantitative estimate of drug-likeness (QED) is 0.725. The van der Waals surface area contributed by atoms with Crippen LogP contribution in [0.25, 0.3) is 0 Å². The molecule has 0 saturated heterocycles. The summed E-state index contributed by atoms with van der Waals surface area (Å²) in [6, 6.07) is 0. The average Bonchev–Trinajstić information content (AvgIpc) is 2.00. The van der Waals surface area contributed by atoms with Crippen molar-refractivity contribution in [2.45, 2.75) is 34.1 Å². The highest BCUT2D eigenvalue weighted by molar-refractivity contribution is 5.97. The van der Waals surface area contributed by atoms with Gasteiger partial charge in [-0.3, -0.25) is 9.59 Å². The zero-order valence-electron chi connectivity index (χ0n) is 10.2. The van der Waals surface area contributed by atoms with E-state index in [-0.39, 0.29) is 5.91 Å². The number of aliphatic carboxylic acids is 1. The molecule has 0 aromatic rings. The van der Waals surface area contributed by atoms with Gasteiger partial charge in [-0.05, 0) is 11.8 Å². The molecule has 0 bridgehead atoms. The summed E-state index contributed by atoms with van der Waals surface area (Å²) >= 11 is 0. The number of carboxylic acid groups (broad SMARTS) is 1. The number of hydrogen-bond donors (Lipinski definition) is 1. The first kappa shape index (κ1) is 13.9. The third kappa shape index (κ3) is 3.90. The maximum atomic E-state index is 11.9. The lowest BCUT2D eigenvalue weighted by Crippen LogP contribution is -2.43. The van der Waals surface area contributed by atoms with E-state index >= 15 is 0 Å². The summed E-state index contributed by atoms with van der Waals surface area (Å²) in [6.07, 6.45) is 0.832. The van der Waals surface area contributed by atoms with Gasteiger partial charge in [0.2, 0.25) is 5.91 Å². The molecule has 4 heteroatoms. The molecule has 0 aromatic carbocycles. The first-order valence-corrected chi connectivity index (χ1v) is 5.19. The van der Waals surface area contributed by atoms with Crippen molar-refractivity contribution in [3.05, 3.63) is 0 Å². The molecule has 0 fully saturated rings. The van der Waals surface area contributed by atoms with Crippen molar-refractivity contribution in [2.24, 2.45) is 11.3 Å². The molecule has 0 rings (SSSR count). The van der Waals surface area contributed by atoms with Gasteiger partial charge in [-0.25, -0.2) is 0 Å². The Balaban J connectivity index is 4.80. The van der Waals surface area contributed by atoms with Gasteiger partial charge in [-0.1, -0.05) is 27.7 Å². The SMILES string of the molecule is CCCN(C)C(=O)C(C(=O)O)C(C)(C)C. The van der Waals surface area contributed by atoms with E-state index in [0.29, 0.717) is 6.54 Å². The molecule has 0 aliphatic rings. The molecule has 0 aliphatic heterocycles. The molecule has 1 amide bonds. The standard InChI is InChI=1S/C11H21NO3/c1-6-7-12(5)9(13)8(10(14)15)11(2,3)4/h8H,6-7H2,1-5H3,(H,14,15). The third-order valence-corrected chi connectivity index (χ3v) is 2.30. The van der Waals surface area contributed by atoms with Gasteiger partial charge in [0.05, 0.1) is 0 Å². The lowest BCUT2D eigenvalue weighted by atomic mass is 9.80. The van der Waals surface area contributed by atoms with Gasteiger partial charge >= 0.3 is 5.97 Å². The summed E-state index contributed by atoms with van der Waals surface area (Å²) in [5.41, 5.74) is -0.551. The average molecular weight is 215 g/mol. The van der Waals surface area contributed by atoms with Crippen LogP contribution in [0, 0.1) is 11.3 Å². The van der Waals surface area contributed by atoms with E-state index in [0.717, 1.165) is 6.42 Å². The lowest BCUT2D eigenvalue weighted by Gasteiger charge is -2.29. The van der Waals surface area contributed by atoms with Crippen LogP contribution in [0.15, 0.2) is 0 Å². The molecule has 0 aliphatic carbocycles. The van der Waals surface area contributed by atoms with Crippen molar-refractivity contribution in [3.63, 3.8) is 0 Å². The van der Waals surface area contributed by atoms with Crippen LogP contribution in [0.3, 0.4) is 0 Å². The molecule has 1 N–H and O–H groups in total. The second-order valence-electron chi connectivity index (χ2n) is 4.90. The number of nitrogens with zero attached hydrogens (tertiary/aromatic N) is 1. The lowest BCUT2D eigenvalue weighted by molar-refractivity contribution is -0.155. The second-order valence-corrected chi connectivity index (χ2v) is 4.90. The van der Waals surface area contributed by atoms with Crippen LogP contribution in [-0.2, 0) is 9.59 Å². The molecule has 88 valence electrons. The van der Waals surface area contributed by atoms with E-state index in [1.165, 1.54) is 4.90 Å². The number of amides is 1. The van der Waals surface area contributed by atoms with Crippen LogP contribution in [-0.4, -0.2) is 35.5 Å². The summed E-state index contributed by atoms with van der Waals surface area (Å²) in [6.45, 7) is 7.85. The predicted molar refractivity (Wildman–Crippen MR) is 58.5 cm³/mol. The van der Waals surface area contributed by atoms with Gasteiger partial charge in [0, 0.05) is 13.6 Å². The van der Waals surface area contributed by atoms with Gasteiger partial charge < -0.3 is 10.0 Å². The van der Waals surface area contributed by atoms with Gasteiger partial charge in [-0.15, -0.1) is 0 Å². The summed E-state index contributed by atoms with van der Waals surface area (Å²) < 4.78 is 0. The number of carbonyl (C=O) groups excluding carboxylic acids is 1. The van der Waals surface area contributed by atoms with Crippen LogP contribution in [0.4, 0.5) is 0 Å². The Bertz CT molecular complexity index is 243. The Kier molecular flexibility index (Phi) is 4.78. The fourth-order valence-electron chi connectivity index (χ4n) is 1.51. The predicted octanol–water partition coefficient (Wildman–Crippen LogP) is 1.60. The fourth-order valence-corrected chi connectivity index (χ4v) is 1.51. The minimum absolute atomic E-state index is 0.308. The Morgan fingerprint density at radius 2 is 1.80 bits per heavy atom. The van der Waals surface area contributed by atoms with Crippen molar-refractivity contribution < 1.29 is 14.7 Å². The highest BCUT2D eigenvalue weighted by Gasteiger charge is 2.38. The first-order chi connectivity index (χ1) is 6.71. The second kappa shape index (κ2) is 5.14. The molecule has 0 aromatic heterocycles. The maximum Gasteiger partial charge on any atom is 0.316 e. The summed E-state index contributed by atoms with van der Waals surface area (Å²) in [5.74, 6) is -2.32. The number of carboxylic acids is 1. The van der Waals surface area contributed by atoms with E-state index in [9.17, 15) is 9.59 Å². The van der Waals surface area contributed by atoms with Crippen LogP contribution >= 0.6 is 0 Å². The number of rotatable bonds is 4. The Hall–Kier alpha value is -1.06. The van der Waals surface area contributed by atoms with Crippen molar-refractivity contribution in [1.29, 1.82) is 0 Å². The molecule has 1 atom stereocenters. The largest absolute Gasteiger partial charge is 0.481 e. The third-order valence-electron chi connectivity index (χ3n) is 2.30. The van der Waals surface area contributed by atoms with Crippen molar-refractivity contribution in [2.75, 3.05) is 13.6 Å². The van der Waals surface area contributed by atoms with E-state index < -0.39 is 17.3 Å². The minimum atomic E-state index is -1.05. The molecule has 1 unspecified atom stereocenters. The molecule has 0 saturated carbocycles. The van der Waals surface area contributed by atoms with Gasteiger partial charge in [-0.2, -0.15) is 0 Å². The molecule has 0 heterocycles. The van der Waals surface area contributed by atoms with E-state index in [4.69, 9.17) is 5.11 Å². The van der Waals surface area contributed by atoms with E-state index in [1.54, 1.807) is 27.8 Å². The molecule has 0 spiro atoms. The van der Waals surface area contributed by atoms with Crippen molar-refractivity contribution in [1.82, 2.24) is 4.90 Å². The maximum absolute atomic E-state index is 11.9. The zero-order chi connectivity index (χ0) is 12.2. The van der Waals surface area contributed by atoms with Gasteiger partial charge in [0.15, 0.2) is 0 Å². The number of hydrogen-bond acceptors (Lipinski definition) is 2. The highest BCUT2D eigenvalue weighted by atomic mass is 16.4. The summed E-state index contributed by atoms with van der Waals surface area (Å²) in [5, 5.41) is 9.05. The van der Waals surface area contributed by atoms with Gasteiger partial charge in [0.25, 0.3) is 0 Å². The normalized spacial score (nSPS) is 13.4. The number of carbonyl (C=O) groups is 2. The van der Waals surface area contributed by atoms with Crippen LogP contribution in [0.1, 0.15) is 34.1 Å². The van der Waals surface area contributed by atoms with E-state index in [1.807, 2.05) is 6.92 Å². The minimum Gasteiger partial charge on any atom is -0.481 e. The monoisotopic (exact) mass is 215 g/mol. The summed E-state index contributed by atoms with van der Waals surface area (Å²) in [4.78, 5) is 24.4. The first-order valence-electron chi connectivity index (χ1n) is 5.19. The van der Waals surface area contributed by atoms with E-state index in [2.05, 4.69) is 0 Å². The van der Waals surface area contributed by atoms with Crippen LogP contribution in [0.5, 0.6) is 0 Å².